The molecule has 13 heteroatoms. The summed E-state index contributed by atoms with van der Waals surface area (Å²) in [5.41, 5.74) is 8.67. The fraction of sp³-hybridized carbons (Fsp3) is 0.120. The van der Waals surface area contributed by atoms with Crippen LogP contribution in [0.2, 0.25) is 0 Å². The van der Waals surface area contributed by atoms with Crippen LogP contribution in [-0.4, -0.2) is 41.6 Å². The third-order valence-electron chi connectivity index (χ3n) is 5.06. The highest BCUT2D eigenvalue weighted by atomic mass is 32.2. The molecular formula is C25H21F3N7O2S+. The Kier molecular flexibility index (Phi) is 8.16. The largest absolute Gasteiger partial charge is 0.573 e. The van der Waals surface area contributed by atoms with Crippen molar-refractivity contribution in [2.24, 2.45) is 25.9 Å². The zero-order valence-electron chi connectivity index (χ0n) is 19.9. The Morgan fingerprint density at radius 3 is 2.55 bits per heavy atom. The number of rotatable bonds is 7. The molecule has 0 atom stereocenters. The second-order valence-corrected chi connectivity index (χ2v) is 8.71. The van der Waals surface area contributed by atoms with Crippen LogP contribution >= 0.6 is 11.8 Å². The summed E-state index contributed by atoms with van der Waals surface area (Å²) in [5.74, 6) is 0.717. The molecule has 0 radical (unpaired) electrons. The molecule has 2 aromatic carbocycles. The molecule has 1 amide bonds. The van der Waals surface area contributed by atoms with E-state index in [1.165, 1.54) is 35.1 Å². The molecule has 0 saturated carbocycles. The van der Waals surface area contributed by atoms with Crippen LogP contribution in [0.5, 0.6) is 5.75 Å². The number of nitrogens with zero attached hydrogens (tertiary/aromatic N) is 5. The number of carbonyl (C=O) groups is 1. The number of nitrogens with one attached hydrogen (secondary N) is 1. The molecule has 0 unspecified atom stereocenters. The van der Waals surface area contributed by atoms with Crippen LogP contribution in [0, 0.1) is 6.92 Å². The number of aromatic amines is 1. The molecule has 9 nitrogen and oxygen atoms in total. The smallest absolute Gasteiger partial charge is 0.406 e. The van der Waals surface area contributed by atoms with Gasteiger partial charge in [-0.05, 0) is 60.6 Å². The lowest BCUT2D eigenvalue weighted by molar-refractivity contribution is -0.363. The zero-order valence-corrected chi connectivity index (χ0v) is 20.7. The van der Waals surface area contributed by atoms with E-state index >= 15 is 0 Å². The number of anilines is 1. The van der Waals surface area contributed by atoms with Gasteiger partial charge in [-0.25, -0.2) is 19.8 Å². The average Bonchev–Trinajstić information content (AvgIpc) is 3.24. The van der Waals surface area contributed by atoms with Crippen molar-refractivity contribution in [3.63, 3.8) is 0 Å². The van der Waals surface area contributed by atoms with Gasteiger partial charge in [-0.2, -0.15) is 5.10 Å². The topological polar surface area (TPSA) is 119 Å². The summed E-state index contributed by atoms with van der Waals surface area (Å²) in [6.07, 6.45) is -0.245. The van der Waals surface area contributed by atoms with E-state index in [9.17, 15) is 18.0 Å². The van der Waals surface area contributed by atoms with Crippen LogP contribution in [0.25, 0.3) is 0 Å². The summed E-state index contributed by atoms with van der Waals surface area (Å²) in [7, 11) is 0. The maximum atomic E-state index is 12.4. The number of hydrogen-bond acceptors (Lipinski definition) is 6. The van der Waals surface area contributed by atoms with Crippen LogP contribution < -0.4 is 20.4 Å². The number of aryl methyl sites for hydroxylation is 1. The zero-order chi connectivity index (χ0) is 27.1. The summed E-state index contributed by atoms with van der Waals surface area (Å²) in [6, 6.07) is 15.8. The van der Waals surface area contributed by atoms with Crippen LogP contribution in [0.4, 0.5) is 24.7 Å². The molecule has 1 saturated heterocycles. The molecule has 1 aliphatic rings. The number of carbonyl (C=O) groups excluding carboxylic acids is 1. The van der Waals surface area contributed by atoms with Crippen LogP contribution in [0.3, 0.4) is 0 Å². The van der Waals surface area contributed by atoms with Gasteiger partial charge >= 0.3 is 12.3 Å². The Balaban J connectivity index is 1.38. The lowest BCUT2D eigenvalue weighted by Gasteiger charge is -2.08. The van der Waals surface area contributed by atoms with Crippen molar-refractivity contribution < 1.29 is 27.7 Å². The van der Waals surface area contributed by atoms with E-state index in [1.54, 1.807) is 36.7 Å². The lowest BCUT2D eigenvalue weighted by atomic mass is 10.1. The van der Waals surface area contributed by atoms with E-state index in [4.69, 9.17) is 5.73 Å². The molecule has 2 heterocycles. The van der Waals surface area contributed by atoms with Gasteiger partial charge in [0.15, 0.2) is 0 Å². The Bertz CT molecular complexity index is 1420. The van der Waals surface area contributed by atoms with Crippen molar-refractivity contribution in [3.05, 3.63) is 83.6 Å². The maximum absolute atomic E-state index is 12.4. The first kappa shape index (κ1) is 26.5. The molecule has 1 aromatic heterocycles. The van der Waals surface area contributed by atoms with Gasteiger partial charge in [-0.15, -0.1) is 23.2 Å². The number of H-pyrrole nitrogens is 1. The van der Waals surface area contributed by atoms with Crippen molar-refractivity contribution in [3.8, 4) is 5.75 Å². The van der Waals surface area contributed by atoms with Gasteiger partial charge < -0.3 is 10.5 Å². The predicted molar refractivity (Wildman–Crippen MR) is 141 cm³/mol. The summed E-state index contributed by atoms with van der Waals surface area (Å²) in [5, 5.41) is 8.83. The van der Waals surface area contributed by atoms with Crippen LogP contribution in [-0.2, 0) is 4.79 Å². The number of amidine groups is 2. The molecule has 1 fully saturated rings. The summed E-state index contributed by atoms with van der Waals surface area (Å²) >= 11 is 1.31. The summed E-state index contributed by atoms with van der Waals surface area (Å²) < 4.78 is 40.5. The SMILES string of the molecule is Cc1ccc[nH+]c1N1C(=O)CS/C1=N\N=C\c1ccc(C(N)=NC=Nc2ccc(OC(F)(F)F)cc2)cc1. The van der Waals surface area contributed by atoms with E-state index in [0.29, 0.717) is 22.2 Å². The first-order valence-corrected chi connectivity index (χ1v) is 12.0. The Morgan fingerprint density at radius 2 is 1.87 bits per heavy atom. The van der Waals surface area contributed by atoms with Crippen molar-refractivity contribution in [1.82, 2.24) is 0 Å². The molecule has 3 N–H and O–H groups in total. The third-order valence-corrected chi connectivity index (χ3v) is 5.97. The van der Waals surface area contributed by atoms with Gasteiger partial charge in [-0.3, -0.25) is 0 Å². The number of amides is 1. The molecule has 1 aliphatic heterocycles. The van der Waals surface area contributed by atoms with Crippen LogP contribution in [0.15, 0.2) is 87.0 Å². The fourth-order valence-electron chi connectivity index (χ4n) is 3.26. The Hall–Kier alpha value is -4.52. The van der Waals surface area contributed by atoms with Gasteiger partial charge in [0, 0.05) is 11.1 Å². The number of aromatic nitrogens is 1. The van der Waals surface area contributed by atoms with Crippen molar-refractivity contribution in [2.75, 3.05) is 10.7 Å². The number of benzene rings is 2. The van der Waals surface area contributed by atoms with Crippen molar-refractivity contribution >= 4 is 52.7 Å². The van der Waals surface area contributed by atoms with Gasteiger partial charge in [0.1, 0.15) is 23.7 Å². The first-order chi connectivity index (χ1) is 18.2. The summed E-state index contributed by atoms with van der Waals surface area (Å²) in [4.78, 5) is 25.1. The predicted octanol–water partition coefficient (Wildman–Crippen LogP) is 4.24. The van der Waals surface area contributed by atoms with E-state index in [2.05, 4.69) is 29.9 Å². The monoisotopic (exact) mass is 540 g/mol. The van der Waals surface area contributed by atoms with Crippen molar-refractivity contribution in [1.29, 1.82) is 0 Å². The van der Waals surface area contributed by atoms with Crippen LogP contribution in [0.1, 0.15) is 16.7 Å². The van der Waals surface area contributed by atoms with E-state index in [-0.39, 0.29) is 23.2 Å². The van der Waals surface area contributed by atoms with E-state index < -0.39 is 6.36 Å². The molecule has 38 heavy (non-hydrogen) atoms. The quantitative estimate of drug-likeness (QED) is 0.274. The number of ether oxygens (including phenoxy) is 1. The molecule has 3 aromatic rings. The highest BCUT2D eigenvalue weighted by molar-refractivity contribution is 8.15. The van der Waals surface area contributed by atoms with Gasteiger partial charge in [0.05, 0.1) is 18.1 Å². The minimum Gasteiger partial charge on any atom is -0.406 e. The molecule has 0 bridgehead atoms. The standard InChI is InChI=1S/C25H20F3N7O2S/c1-16-3-2-12-30-23(16)35-21(36)14-38-24(35)34-33-13-17-4-6-18(7-5-17)22(29)32-15-31-19-8-10-20(11-9-19)37-25(26,27)28/h2-13,15H,14H2,1H3,(H2,29,31,32)/p+1/b33-13+,34-24-. The van der Waals surface area contributed by atoms with Gasteiger partial charge in [-0.1, -0.05) is 24.3 Å². The normalized spacial score (nSPS) is 15.8. The number of nitrogens with two attached hydrogens (primary N) is 1. The number of alkyl halides is 3. The minimum atomic E-state index is -4.75. The second kappa shape index (κ2) is 11.7. The van der Waals surface area contributed by atoms with Gasteiger partial charge in [0.2, 0.25) is 0 Å². The number of hydrogen-bond donors (Lipinski definition) is 1. The fourth-order valence-corrected chi connectivity index (χ4v) is 4.07. The molecule has 4 rings (SSSR count). The molecule has 194 valence electrons. The molecular weight excluding hydrogens is 519 g/mol. The number of halogens is 3. The average molecular weight is 541 g/mol. The number of pyridine rings is 1. The molecule has 0 aliphatic carbocycles. The lowest BCUT2D eigenvalue weighted by Crippen LogP contribution is -2.34. The third kappa shape index (κ3) is 7.03. The first-order valence-electron chi connectivity index (χ1n) is 11.1. The molecule has 0 spiro atoms. The summed E-state index contributed by atoms with van der Waals surface area (Å²) in [6.45, 7) is 1.90. The second-order valence-electron chi connectivity index (χ2n) is 7.77. The number of aliphatic imine (C=N–C) groups is 2. The van der Waals surface area contributed by atoms with Gasteiger partial charge in [0.25, 0.3) is 11.0 Å². The van der Waals surface area contributed by atoms with E-state index in [0.717, 1.165) is 23.3 Å². The van der Waals surface area contributed by atoms with E-state index in [1.807, 2.05) is 19.1 Å². The Labute approximate surface area is 219 Å². The highest BCUT2D eigenvalue weighted by Gasteiger charge is 2.39. The number of thioether (sulfide) groups is 1. The minimum absolute atomic E-state index is 0.0790. The Morgan fingerprint density at radius 1 is 1.13 bits per heavy atom. The van der Waals surface area contributed by atoms with Crippen molar-refractivity contribution in [2.45, 2.75) is 13.3 Å². The maximum Gasteiger partial charge on any atom is 0.573 e. The highest BCUT2D eigenvalue weighted by Crippen LogP contribution is 2.26.